The number of aryl methyl sites for hydroxylation is 1. The highest BCUT2D eigenvalue weighted by Gasteiger charge is 2.36. The molecular formula is C26H26Cl2N6O7S2. The van der Waals surface area contributed by atoms with Crippen molar-refractivity contribution in [1.82, 2.24) is 15.0 Å². The fraction of sp³-hybridized carbons (Fsp3) is 0.269. The maximum Gasteiger partial charge on any atom is 0.294 e. The number of aromatic nitrogens is 3. The van der Waals surface area contributed by atoms with Crippen molar-refractivity contribution in [2.45, 2.75) is 48.8 Å². The topological polar surface area (TPSA) is 178 Å². The van der Waals surface area contributed by atoms with Gasteiger partial charge in [0.15, 0.2) is 11.4 Å². The van der Waals surface area contributed by atoms with Gasteiger partial charge in [-0.3, -0.25) is 4.55 Å². The molecule has 3 N–H and O–H groups in total. The summed E-state index contributed by atoms with van der Waals surface area (Å²) >= 11 is 11.8. The number of hydrogen-bond donors (Lipinski definition) is 3. The zero-order valence-electron chi connectivity index (χ0n) is 22.8. The summed E-state index contributed by atoms with van der Waals surface area (Å²) < 4.78 is 44.6. The van der Waals surface area contributed by atoms with Crippen molar-refractivity contribution >= 4 is 77.7 Å². The van der Waals surface area contributed by atoms with Gasteiger partial charge in [0.25, 0.3) is 10.1 Å². The quantitative estimate of drug-likeness (QED) is 0.0608. The summed E-state index contributed by atoms with van der Waals surface area (Å²) in [7, 11) is -7.25. The zero-order valence-corrected chi connectivity index (χ0v) is 26.0. The first-order valence-electron chi connectivity index (χ1n) is 13.0. The van der Waals surface area contributed by atoms with Crippen LogP contribution in [0.15, 0.2) is 62.5 Å². The molecular weight excluding hydrogens is 643 g/mol. The van der Waals surface area contributed by atoms with E-state index in [4.69, 9.17) is 31.9 Å². The number of hydrogen-bond acceptors (Lipinski definition) is 12. The lowest BCUT2D eigenvalue weighted by molar-refractivity contribution is -0.470. The normalized spacial score (nSPS) is 15.5. The Bertz CT molecular complexity index is 1790. The van der Waals surface area contributed by atoms with Crippen LogP contribution in [0.2, 0.25) is 10.6 Å². The Hall–Kier alpha value is -3.15. The Balaban J connectivity index is 1.61. The minimum absolute atomic E-state index is 0.0219. The number of azo groups is 1. The van der Waals surface area contributed by atoms with E-state index in [0.717, 1.165) is 25.0 Å². The molecule has 0 radical (unpaired) electrons. The van der Waals surface area contributed by atoms with Crippen LogP contribution in [0.1, 0.15) is 38.2 Å². The van der Waals surface area contributed by atoms with Gasteiger partial charge in [-0.05, 0) is 82.4 Å². The second-order valence-electron chi connectivity index (χ2n) is 9.59. The van der Waals surface area contributed by atoms with Crippen LogP contribution in [0.4, 0.5) is 23.0 Å². The van der Waals surface area contributed by atoms with E-state index in [2.05, 4.69) is 42.5 Å². The van der Waals surface area contributed by atoms with E-state index >= 15 is 0 Å². The second-order valence-corrected chi connectivity index (χ2v) is 13.9. The van der Waals surface area contributed by atoms with Gasteiger partial charge in [-0.2, -0.15) is 28.5 Å². The predicted octanol–water partition coefficient (Wildman–Crippen LogP) is 8.08. The summed E-state index contributed by atoms with van der Waals surface area (Å²) in [5, 5.41) is 27.3. The number of unbranched alkanes of at least 4 members (excludes halogenated alkanes) is 3. The van der Waals surface area contributed by atoms with E-state index in [9.17, 15) is 18.1 Å². The SMILES string of the molecule is CCCCCCc1ccc(N=Nc2c(S3(C)OOO3)cc3cc(S(=O)(=O)O)cc(Nc4nc(Cl)nc(Cl)n4)c3c2O)cc1. The molecule has 0 bridgehead atoms. The van der Waals surface area contributed by atoms with Gasteiger partial charge in [0.05, 0.1) is 21.2 Å². The summed E-state index contributed by atoms with van der Waals surface area (Å²) in [6, 6.07) is 11.3. The highest BCUT2D eigenvalue weighted by Crippen LogP contribution is 2.66. The van der Waals surface area contributed by atoms with Crippen molar-refractivity contribution in [3.63, 3.8) is 0 Å². The first kappa shape index (κ1) is 31.3. The minimum atomic E-state index is -4.70. The molecule has 1 saturated heterocycles. The van der Waals surface area contributed by atoms with Crippen molar-refractivity contribution in [3.8, 4) is 5.75 Å². The molecule has 2 heterocycles. The van der Waals surface area contributed by atoms with Crippen molar-refractivity contribution < 1.29 is 31.8 Å². The number of aromatic hydroxyl groups is 1. The summed E-state index contributed by atoms with van der Waals surface area (Å²) in [6.45, 7) is 2.17. The molecule has 0 saturated carbocycles. The van der Waals surface area contributed by atoms with Crippen LogP contribution >= 0.6 is 33.8 Å². The van der Waals surface area contributed by atoms with Crippen LogP contribution in [-0.4, -0.2) is 39.3 Å². The minimum Gasteiger partial charge on any atom is -0.505 e. The lowest BCUT2D eigenvalue weighted by Gasteiger charge is -2.42. The third-order valence-corrected chi connectivity index (χ3v) is 9.39. The van der Waals surface area contributed by atoms with Gasteiger partial charge in [-0.1, -0.05) is 57.6 Å². The maximum atomic E-state index is 12.1. The molecule has 0 amide bonds. The molecule has 43 heavy (non-hydrogen) atoms. The number of anilines is 2. The third kappa shape index (κ3) is 7.16. The molecule has 0 spiro atoms. The van der Waals surface area contributed by atoms with E-state index in [1.807, 2.05) is 24.3 Å². The fourth-order valence-corrected chi connectivity index (χ4v) is 6.47. The molecule has 17 heteroatoms. The molecule has 4 aromatic rings. The van der Waals surface area contributed by atoms with Crippen LogP contribution in [-0.2, 0) is 30.2 Å². The van der Waals surface area contributed by atoms with Gasteiger partial charge in [-0.25, -0.2) is 0 Å². The molecule has 1 aliphatic heterocycles. The van der Waals surface area contributed by atoms with Crippen LogP contribution in [0.3, 0.4) is 0 Å². The third-order valence-electron chi connectivity index (χ3n) is 6.48. The average molecular weight is 670 g/mol. The fourth-order valence-electron chi connectivity index (χ4n) is 4.37. The van der Waals surface area contributed by atoms with Gasteiger partial charge in [-0.15, -0.1) is 5.11 Å². The van der Waals surface area contributed by atoms with Gasteiger partial charge >= 0.3 is 0 Å². The molecule has 5 rings (SSSR count). The van der Waals surface area contributed by atoms with Gasteiger partial charge < -0.3 is 10.4 Å². The van der Waals surface area contributed by atoms with Crippen LogP contribution in [0.5, 0.6) is 5.75 Å². The van der Waals surface area contributed by atoms with Gasteiger partial charge in [0.1, 0.15) is 0 Å². The van der Waals surface area contributed by atoms with E-state index in [1.54, 1.807) is 6.26 Å². The number of rotatable bonds is 11. The first-order chi connectivity index (χ1) is 20.5. The lowest BCUT2D eigenvalue weighted by Crippen LogP contribution is -2.18. The molecule has 0 unspecified atom stereocenters. The largest absolute Gasteiger partial charge is 0.505 e. The van der Waals surface area contributed by atoms with Gasteiger partial charge in [0.2, 0.25) is 16.5 Å². The number of fused-ring (bicyclic) bond motifs is 1. The Kier molecular flexibility index (Phi) is 9.34. The summed E-state index contributed by atoms with van der Waals surface area (Å²) in [6.07, 6.45) is 7.20. The molecule has 13 nitrogen and oxygen atoms in total. The number of nitrogens with one attached hydrogen (secondary N) is 1. The number of benzene rings is 3. The molecule has 1 fully saturated rings. The summed E-state index contributed by atoms with van der Waals surface area (Å²) in [4.78, 5) is 11.3. The van der Waals surface area contributed by atoms with E-state index in [0.29, 0.717) is 5.69 Å². The molecule has 0 atom stereocenters. The smallest absolute Gasteiger partial charge is 0.294 e. The molecule has 0 aliphatic carbocycles. The number of halogens is 2. The number of phenols is 1. The highest BCUT2D eigenvalue weighted by molar-refractivity contribution is 8.25. The highest BCUT2D eigenvalue weighted by atomic mass is 35.5. The summed E-state index contributed by atoms with van der Waals surface area (Å²) in [5.74, 6) is -0.566. The Morgan fingerprint density at radius 1 is 0.977 bits per heavy atom. The molecule has 1 aromatic heterocycles. The van der Waals surface area contributed by atoms with Crippen molar-refractivity contribution in [2.24, 2.45) is 10.2 Å². The Morgan fingerprint density at radius 3 is 2.28 bits per heavy atom. The van der Waals surface area contributed by atoms with Crippen LogP contribution in [0, 0.1) is 0 Å². The lowest BCUT2D eigenvalue weighted by atomic mass is 10.1. The standard InChI is InChI=1S/C26H26Cl2N6O7S2/c1-3-4-5-6-7-15-8-10-17(11-9-15)33-34-22-20(42(2)40-39-41-42)13-16-12-18(43(36,37)38)14-19(21(16)23(22)35)29-26-31-24(27)30-25(28)32-26/h8-14,35H,3-7H2,1-2H3,(H,36,37,38)(H,29,30,31,32). The van der Waals surface area contributed by atoms with Crippen molar-refractivity contribution in [2.75, 3.05) is 11.6 Å². The van der Waals surface area contributed by atoms with Crippen LogP contribution < -0.4 is 5.32 Å². The molecule has 228 valence electrons. The monoisotopic (exact) mass is 668 g/mol. The first-order valence-corrected chi connectivity index (χ1v) is 17.0. The van der Waals surface area contributed by atoms with E-state index < -0.39 is 31.4 Å². The average Bonchev–Trinajstić information content (AvgIpc) is 2.93. The number of nitrogens with zero attached hydrogens (tertiary/aromatic N) is 5. The zero-order chi connectivity index (χ0) is 30.8. The van der Waals surface area contributed by atoms with Crippen LogP contribution in [0.25, 0.3) is 10.8 Å². The van der Waals surface area contributed by atoms with E-state index in [1.165, 1.54) is 30.9 Å². The molecule has 3 aromatic carbocycles. The summed E-state index contributed by atoms with van der Waals surface area (Å²) in [5.41, 5.74) is 1.66. The Morgan fingerprint density at radius 2 is 1.67 bits per heavy atom. The van der Waals surface area contributed by atoms with E-state index in [-0.39, 0.29) is 43.6 Å². The Labute approximate surface area is 258 Å². The van der Waals surface area contributed by atoms with Crippen molar-refractivity contribution in [1.29, 1.82) is 0 Å². The second kappa shape index (κ2) is 12.8. The molecule has 1 aliphatic rings. The maximum absolute atomic E-state index is 12.1. The number of phenolic OH excluding ortho intramolecular Hbond substituents is 1. The van der Waals surface area contributed by atoms with Gasteiger partial charge in [0, 0.05) is 11.6 Å². The van der Waals surface area contributed by atoms with Crippen molar-refractivity contribution in [3.05, 3.63) is 58.6 Å². The predicted molar refractivity (Wildman–Crippen MR) is 162 cm³/mol.